The van der Waals surface area contributed by atoms with Crippen molar-refractivity contribution in [1.29, 1.82) is 0 Å². The maximum atomic E-state index is 1.84. The second kappa shape index (κ2) is 6.89. The van der Waals surface area contributed by atoms with Crippen molar-refractivity contribution in [2.75, 3.05) is 0 Å². The van der Waals surface area contributed by atoms with Gasteiger partial charge in [-0.05, 0) is 37.0 Å². The average Bonchev–Trinajstić information content (AvgIpc) is 2.21. The van der Waals surface area contributed by atoms with Gasteiger partial charge in [0, 0.05) is 0 Å². The zero-order valence-corrected chi connectivity index (χ0v) is 11.0. The highest BCUT2D eigenvalue weighted by atomic mass is 31.1. The van der Waals surface area contributed by atoms with Crippen molar-refractivity contribution in [2.45, 2.75) is 88.4 Å². The third kappa shape index (κ3) is 4.43. The van der Waals surface area contributed by atoms with Crippen molar-refractivity contribution < 1.29 is 0 Å². The normalized spacial score (nSPS) is 28.0. The summed E-state index contributed by atoms with van der Waals surface area (Å²) in [4.78, 5) is 0. The fraction of sp³-hybridized carbons (Fsp3) is 1.00. The lowest BCUT2D eigenvalue weighted by Gasteiger charge is -2.29. The molecule has 2 fully saturated rings. The summed E-state index contributed by atoms with van der Waals surface area (Å²) in [6.07, 6.45) is 18.3. The molecule has 0 aromatic carbocycles. The van der Waals surface area contributed by atoms with E-state index in [0.29, 0.717) is 0 Å². The van der Waals surface area contributed by atoms with Gasteiger partial charge >= 0.3 is 0 Å². The Morgan fingerprint density at radius 3 is 1.27 bits per heavy atom. The van der Waals surface area contributed by atoms with Crippen LogP contribution in [0.25, 0.3) is 0 Å². The summed E-state index contributed by atoms with van der Waals surface area (Å²) < 4.78 is 0. The highest BCUT2D eigenvalue weighted by Gasteiger charge is 2.22. The molecule has 0 bridgehead atoms. The van der Waals surface area contributed by atoms with E-state index >= 15 is 0 Å². The van der Waals surface area contributed by atoms with Crippen molar-refractivity contribution in [2.24, 2.45) is 0 Å². The summed E-state index contributed by atoms with van der Waals surface area (Å²) in [6.45, 7) is 0. The molecule has 0 heterocycles. The molecular formula is C14H26P. The highest BCUT2D eigenvalue weighted by molar-refractivity contribution is 7.39. The molecule has 1 heteroatoms. The van der Waals surface area contributed by atoms with E-state index in [1.165, 1.54) is 77.0 Å². The predicted octanol–water partition coefficient (Wildman–Crippen LogP) is 5.38. The van der Waals surface area contributed by atoms with Gasteiger partial charge in [-0.15, -0.1) is 0 Å². The molecule has 0 nitrogen and oxygen atoms in total. The molecule has 2 aliphatic carbocycles. The Labute approximate surface area is 97.4 Å². The predicted molar refractivity (Wildman–Crippen MR) is 69.9 cm³/mol. The standard InChI is InChI=1S/C14H26P/c1-2-4-6-9-13(10-7-5-3-1)15-14-11-8-12-14/h13-14H,1-12H2. The summed E-state index contributed by atoms with van der Waals surface area (Å²) in [6, 6.07) is 0. The van der Waals surface area contributed by atoms with Gasteiger partial charge < -0.3 is 0 Å². The number of hydrogen-bond acceptors (Lipinski definition) is 0. The fourth-order valence-corrected chi connectivity index (χ4v) is 4.69. The quantitative estimate of drug-likeness (QED) is 0.553. The summed E-state index contributed by atoms with van der Waals surface area (Å²) in [5.74, 6) is 0. The van der Waals surface area contributed by atoms with Crippen molar-refractivity contribution >= 4 is 8.58 Å². The van der Waals surface area contributed by atoms with E-state index in [2.05, 4.69) is 0 Å². The van der Waals surface area contributed by atoms with Crippen LogP contribution in [0.3, 0.4) is 0 Å². The summed E-state index contributed by atoms with van der Waals surface area (Å²) >= 11 is 0. The molecule has 0 amide bonds. The Hall–Kier alpha value is 0.430. The summed E-state index contributed by atoms with van der Waals surface area (Å²) in [5, 5.41) is 0. The van der Waals surface area contributed by atoms with Crippen LogP contribution < -0.4 is 0 Å². The summed E-state index contributed by atoms with van der Waals surface area (Å²) in [7, 11) is 1.84. The van der Waals surface area contributed by atoms with Crippen molar-refractivity contribution in [3.8, 4) is 0 Å². The Bertz CT molecular complexity index is 153. The van der Waals surface area contributed by atoms with Crippen LogP contribution in [0.5, 0.6) is 0 Å². The van der Waals surface area contributed by atoms with Gasteiger partial charge in [0.15, 0.2) is 0 Å². The Balaban J connectivity index is 1.68. The summed E-state index contributed by atoms with van der Waals surface area (Å²) in [5.41, 5.74) is 2.19. The zero-order chi connectivity index (χ0) is 10.3. The molecule has 0 aromatic heterocycles. The topological polar surface area (TPSA) is 0 Å². The lowest BCUT2D eigenvalue weighted by molar-refractivity contribution is 0.491. The van der Waals surface area contributed by atoms with Gasteiger partial charge in [-0.1, -0.05) is 59.9 Å². The van der Waals surface area contributed by atoms with Crippen LogP contribution in [0.15, 0.2) is 0 Å². The monoisotopic (exact) mass is 225 g/mol. The number of rotatable bonds is 2. The van der Waals surface area contributed by atoms with Crippen LogP contribution in [0, 0.1) is 0 Å². The maximum absolute atomic E-state index is 1.84. The van der Waals surface area contributed by atoms with Crippen molar-refractivity contribution in [3.05, 3.63) is 0 Å². The first-order valence-electron chi connectivity index (χ1n) is 7.15. The minimum atomic E-state index is 1.08. The first kappa shape index (κ1) is 11.9. The van der Waals surface area contributed by atoms with E-state index in [0.717, 1.165) is 11.3 Å². The van der Waals surface area contributed by atoms with Crippen LogP contribution in [-0.4, -0.2) is 11.3 Å². The lowest BCUT2D eigenvalue weighted by atomic mass is 9.99. The molecule has 0 atom stereocenters. The van der Waals surface area contributed by atoms with Crippen LogP contribution in [0.1, 0.15) is 77.0 Å². The van der Waals surface area contributed by atoms with Crippen LogP contribution in [-0.2, 0) is 0 Å². The Morgan fingerprint density at radius 2 is 0.867 bits per heavy atom. The Morgan fingerprint density at radius 1 is 0.467 bits per heavy atom. The molecule has 87 valence electrons. The lowest BCUT2D eigenvalue weighted by Crippen LogP contribution is -2.16. The molecule has 15 heavy (non-hydrogen) atoms. The molecule has 0 saturated heterocycles. The zero-order valence-electron chi connectivity index (χ0n) is 10.1. The van der Waals surface area contributed by atoms with E-state index in [1.807, 2.05) is 8.58 Å². The van der Waals surface area contributed by atoms with E-state index in [-0.39, 0.29) is 0 Å². The molecule has 2 aliphatic rings. The highest BCUT2D eigenvalue weighted by Crippen LogP contribution is 2.42. The minimum Gasteiger partial charge on any atom is -0.0741 e. The molecule has 1 radical (unpaired) electrons. The molecule has 2 saturated carbocycles. The molecular weight excluding hydrogens is 199 g/mol. The van der Waals surface area contributed by atoms with Gasteiger partial charge in [0.25, 0.3) is 0 Å². The van der Waals surface area contributed by atoms with Crippen molar-refractivity contribution in [1.82, 2.24) is 0 Å². The van der Waals surface area contributed by atoms with Crippen LogP contribution in [0.4, 0.5) is 0 Å². The molecule has 0 aliphatic heterocycles. The van der Waals surface area contributed by atoms with Crippen LogP contribution >= 0.6 is 8.58 Å². The third-order valence-electron chi connectivity index (χ3n) is 4.07. The van der Waals surface area contributed by atoms with Gasteiger partial charge in [0.1, 0.15) is 0 Å². The SMILES string of the molecule is C1CCCCC([P]C2CCC2)CCCC1. The smallest absolute Gasteiger partial charge is 0.0168 e. The number of hydrogen-bond donors (Lipinski definition) is 0. The first-order chi connectivity index (χ1) is 7.45. The second-order valence-electron chi connectivity index (χ2n) is 5.44. The van der Waals surface area contributed by atoms with Gasteiger partial charge in [-0.25, -0.2) is 0 Å². The average molecular weight is 225 g/mol. The maximum Gasteiger partial charge on any atom is -0.0168 e. The second-order valence-corrected chi connectivity index (χ2v) is 7.20. The van der Waals surface area contributed by atoms with Crippen LogP contribution in [0.2, 0.25) is 0 Å². The molecule has 2 rings (SSSR count). The minimum absolute atomic E-state index is 1.08. The van der Waals surface area contributed by atoms with Gasteiger partial charge in [-0.3, -0.25) is 0 Å². The van der Waals surface area contributed by atoms with E-state index in [4.69, 9.17) is 0 Å². The fourth-order valence-electron chi connectivity index (χ4n) is 2.77. The van der Waals surface area contributed by atoms with E-state index in [1.54, 1.807) is 0 Å². The molecule has 0 N–H and O–H groups in total. The van der Waals surface area contributed by atoms with Gasteiger partial charge in [-0.2, -0.15) is 0 Å². The molecule has 0 aromatic rings. The van der Waals surface area contributed by atoms with Crippen molar-refractivity contribution in [3.63, 3.8) is 0 Å². The van der Waals surface area contributed by atoms with Gasteiger partial charge in [0.2, 0.25) is 0 Å². The van der Waals surface area contributed by atoms with E-state index < -0.39 is 0 Å². The molecule has 0 spiro atoms. The first-order valence-corrected chi connectivity index (χ1v) is 8.18. The Kier molecular flexibility index (Phi) is 5.47. The van der Waals surface area contributed by atoms with Gasteiger partial charge in [0.05, 0.1) is 0 Å². The molecule has 0 unspecified atom stereocenters. The van der Waals surface area contributed by atoms with E-state index in [9.17, 15) is 0 Å². The third-order valence-corrected chi connectivity index (χ3v) is 5.95. The largest absolute Gasteiger partial charge is 0.0741 e.